The number of carbonyl (C=O) groups excluding carboxylic acids is 1. The van der Waals surface area contributed by atoms with Crippen LogP contribution in [-0.2, 0) is 4.79 Å². The number of halogens is 1. The fourth-order valence-corrected chi connectivity index (χ4v) is 4.38. The molecule has 1 amide bonds. The minimum atomic E-state index is -0.329. The zero-order valence-corrected chi connectivity index (χ0v) is 19.0. The van der Waals surface area contributed by atoms with Crippen LogP contribution in [0.5, 0.6) is 0 Å². The Hall–Kier alpha value is -2.57. The van der Waals surface area contributed by atoms with Crippen molar-refractivity contribution >= 4 is 34.1 Å². The van der Waals surface area contributed by atoms with Crippen molar-refractivity contribution in [1.82, 2.24) is 20.0 Å². The second kappa shape index (κ2) is 9.71. The van der Waals surface area contributed by atoms with Crippen molar-refractivity contribution in [3.8, 4) is 0 Å². The van der Waals surface area contributed by atoms with Crippen molar-refractivity contribution in [2.24, 2.45) is 0 Å². The topological polar surface area (TPSA) is 53.4 Å². The Balaban J connectivity index is 1.20. The maximum absolute atomic E-state index is 12.6. The highest BCUT2D eigenvalue weighted by molar-refractivity contribution is 6.30. The van der Waals surface area contributed by atoms with Gasteiger partial charge in [0.05, 0.1) is 11.7 Å². The van der Waals surface area contributed by atoms with E-state index in [0.717, 1.165) is 55.1 Å². The lowest BCUT2D eigenvalue weighted by Gasteiger charge is -2.37. The molecule has 3 aromatic rings. The third-order valence-corrected chi connectivity index (χ3v) is 6.32. The average Bonchev–Trinajstić information content (AvgIpc) is 3.22. The number of nitrogens with one attached hydrogen (secondary N) is 1. The molecule has 164 valence electrons. The second-order valence-electron chi connectivity index (χ2n) is 8.23. The molecule has 0 radical (unpaired) electrons. The third-order valence-electron chi connectivity index (χ3n) is 6.09. The van der Waals surface area contributed by atoms with Crippen LogP contribution in [0.1, 0.15) is 24.9 Å². The molecule has 1 unspecified atom stereocenters. The summed E-state index contributed by atoms with van der Waals surface area (Å²) in [5.41, 5.74) is 3.48. The van der Waals surface area contributed by atoms with E-state index in [9.17, 15) is 4.79 Å². The number of carbonyl (C=O) groups is 1. The zero-order valence-electron chi connectivity index (χ0n) is 18.2. The second-order valence-corrected chi connectivity index (χ2v) is 8.66. The first-order chi connectivity index (χ1) is 15.0. The van der Waals surface area contributed by atoms with Crippen LogP contribution in [0, 0.1) is 6.92 Å². The van der Waals surface area contributed by atoms with Crippen LogP contribution in [0.3, 0.4) is 0 Å². The van der Waals surface area contributed by atoms with Gasteiger partial charge < -0.3 is 10.2 Å². The zero-order chi connectivity index (χ0) is 21.8. The molecule has 0 spiro atoms. The van der Waals surface area contributed by atoms with Crippen LogP contribution >= 0.6 is 11.6 Å². The number of hydrogen-bond acceptors (Lipinski definition) is 4. The van der Waals surface area contributed by atoms with Crippen LogP contribution < -0.4 is 10.2 Å². The first-order valence-electron chi connectivity index (χ1n) is 11.0. The molecule has 6 nitrogen and oxygen atoms in total. The Morgan fingerprint density at radius 1 is 1.16 bits per heavy atom. The molecular formula is C24H30ClN5O. The number of para-hydroxylation sites is 1. The molecule has 1 aliphatic heterocycles. The van der Waals surface area contributed by atoms with Crippen LogP contribution in [-0.4, -0.2) is 59.9 Å². The molecule has 1 aliphatic rings. The number of hydrogen-bond donors (Lipinski definition) is 1. The first kappa shape index (κ1) is 21.7. The van der Waals surface area contributed by atoms with Gasteiger partial charge in [-0.1, -0.05) is 35.9 Å². The number of rotatable bonds is 7. The summed E-state index contributed by atoms with van der Waals surface area (Å²) in [7, 11) is 0. The number of nitrogens with zero attached hydrogens (tertiary/aromatic N) is 4. The molecule has 31 heavy (non-hydrogen) atoms. The van der Waals surface area contributed by atoms with E-state index in [1.807, 2.05) is 43.5 Å². The molecule has 1 aromatic heterocycles. The molecule has 7 heteroatoms. The minimum Gasteiger partial charge on any atom is -0.369 e. The van der Waals surface area contributed by atoms with Gasteiger partial charge in [-0.3, -0.25) is 14.4 Å². The van der Waals surface area contributed by atoms with E-state index in [1.165, 1.54) is 11.3 Å². The van der Waals surface area contributed by atoms with Gasteiger partial charge in [-0.25, -0.2) is 0 Å². The van der Waals surface area contributed by atoms with Crippen LogP contribution in [0.4, 0.5) is 5.69 Å². The highest BCUT2D eigenvalue weighted by Gasteiger charge is 2.20. The normalized spacial score (nSPS) is 15.9. The van der Waals surface area contributed by atoms with Gasteiger partial charge in [0.1, 0.15) is 6.04 Å². The number of fused-ring (bicyclic) bond motifs is 1. The van der Waals surface area contributed by atoms with Crippen LogP contribution in [0.25, 0.3) is 10.9 Å². The third kappa shape index (κ3) is 5.02. The fourth-order valence-electron chi connectivity index (χ4n) is 4.21. The maximum Gasteiger partial charge on any atom is 0.244 e. The predicted molar refractivity (Wildman–Crippen MR) is 127 cm³/mol. The molecule has 1 fully saturated rings. The largest absolute Gasteiger partial charge is 0.369 e. The summed E-state index contributed by atoms with van der Waals surface area (Å²) in [5.74, 6) is 0.00936. The van der Waals surface area contributed by atoms with E-state index in [0.29, 0.717) is 6.54 Å². The number of amides is 1. The monoisotopic (exact) mass is 439 g/mol. The number of piperazine rings is 1. The molecule has 2 aromatic carbocycles. The molecular weight excluding hydrogens is 410 g/mol. The SMILES string of the molecule is Cc1ccc(Cl)cc1N1CCN(CCCNC(=O)C(C)n2ncc3ccccc32)CC1. The van der Waals surface area contributed by atoms with E-state index < -0.39 is 0 Å². The summed E-state index contributed by atoms with van der Waals surface area (Å²) in [4.78, 5) is 17.5. The van der Waals surface area contributed by atoms with Gasteiger partial charge in [-0.05, 0) is 50.6 Å². The van der Waals surface area contributed by atoms with Crippen molar-refractivity contribution in [3.63, 3.8) is 0 Å². The lowest BCUT2D eigenvalue weighted by Crippen LogP contribution is -2.47. The molecule has 1 saturated heterocycles. The highest BCUT2D eigenvalue weighted by Crippen LogP contribution is 2.25. The van der Waals surface area contributed by atoms with Gasteiger partial charge in [0.25, 0.3) is 0 Å². The fraction of sp³-hybridized carbons (Fsp3) is 0.417. The van der Waals surface area contributed by atoms with Crippen LogP contribution in [0.15, 0.2) is 48.7 Å². The Bertz CT molecular complexity index is 1040. The van der Waals surface area contributed by atoms with Gasteiger partial charge in [-0.2, -0.15) is 5.10 Å². The molecule has 0 bridgehead atoms. The molecule has 4 rings (SSSR count). The van der Waals surface area contributed by atoms with Crippen molar-refractivity contribution < 1.29 is 4.79 Å². The minimum absolute atomic E-state index is 0.00936. The number of benzene rings is 2. The Kier molecular flexibility index (Phi) is 6.78. The highest BCUT2D eigenvalue weighted by atomic mass is 35.5. The summed E-state index contributed by atoms with van der Waals surface area (Å²) < 4.78 is 1.79. The van der Waals surface area contributed by atoms with E-state index in [-0.39, 0.29) is 11.9 Å². The van der Waals surface area contributed by atoms with Crippen molar-refractivity contribution in [2.75, 3.05) is 44.2 Å². The molecule has 2 heterocycles. The average molecular weight is 440 g/mol. The number of aryl methyl sites for hydroxylation is 1. The molecule has 1 N–H and O–H groups in total. The number of anilines is 1. The van der Waals surface area contributed by atoms with Crippen molar-refractivity contribution in [2.45, 2.75) is 26.3 Å². The van der Waals surface area contributed by atoms with Crippen molar-refractivity contribution in [3.05, 3.63) is 59.2 Å². The Morgan fingerprint density at radius 3 is 2.74 bits per heavy atom. The van der Waals surface area contributed by atoms with Gasteiger partial charge in [0.15, 0.2) is 0 Å². The summed E-state index contributed by atoms with van der Waals surface area (Å²) in [5, 5.41) is 9.31. The standard InChI is InChI=1S/C24H30ClN5O/c1-18-8-9-21(25)16-23(18)29-14-12-28(13-15-29)11-5-10-26-24(31)19(2)30-22-7-4-3-6-20(22)17-27-30/h3-4,6-9,16-17,19H,5,10-15H2,1-2H3,(H,26,31). The lowest BCUT2D eigenvalue weighted by atomic mass is 10.1. The number of aromatic nitrogens is 2. The Morgan fingerprint density at radius 2 is 1.94 bits per heavy atom. The molecule has 0 saturated carbocycles. The van der Waals surface area contributed by atoms with E-state index in [2.05, 4.69) is 39.3 Å². The molecule has 1 atom stereocenters. The van der Waals surface area contributed by atoms with E-state index >= 15 is 0 Å². The van der Waals surface area contributed by atoms with Gasteiger partial charge in [0.2, 0.25) is 5.91 Å². The summed E-state index contributed by atoms with van der Waals surface area (Å²) >= 11 is 6.18. The maximum atomic E-state index is 12.6. The van der Waals surface area contributed by atoms with Gasteiger partial charge in [-0.15, -0.1) is 0 Å². The summed E-state index contributed by atoms with van der Waals surface area (Å²) in [6.07, 6.45) is 2.75. The lowest BCUT2D eigenvalue weighted by molar-refractivity contribution is -0.124. The van der Waals surface area contributed by atoms with Crippen LogP contribution in [0.2, 0.25) is 5.02 Å². The Labute approximate surface area is 188 Å². The predicted octanol–water partition coefficient (Wildman–Crippen LogP) is 3.89. The smallest absolute Gasteiger partial charge is 0.244 e. The van der Waals surface area contributed by atoms with E-state index in [1.54, 1.807) is 4.68 Å². The van der Waals surface area contributed by atoms with Crippen molar-refractivity contribution in [1.29, 1.82) is 0 Å². The molecule has 0 aliphatic carbocycles. The quantitative estimate of drug-likeness (QED) is 0.567. The van der Waals surface area contributed by atoms with Gasteiger partial charge >= 0.3 is 0 Å². The summed E-state index contributed by atoms with van der Waals surface area (Å²) in [6, 6.07) is 13.7. The summed E-state index contributed by atoms with van der Waals surface area (Å²) in [6.45, 7) is 9.73. The van der Waals surface area contributed by atoms with Gasteiger partial charge in [0, 0.05) is 48.8 Å². The first-order valence-corrected chi connectivity index (χ1v) is 11.3. The van der Waals surface area contributed by atoms with E-state index in [4.69, 9.17) is 11.6 Å².